The zero-order valence-corrected chi connectivity index (χ0v) is 17.4. The highest BCUT2D eigenvalue weighted by molar-refractivity contribution is 5.41. The van der Waals surface area contributed by atoms with Gasteiger partial charge in [-0.25, -0.2) is 4.98 Å². The van der Waals surface area contributed by atoms with E-state index in [2.05, 4.69) is 56.9 Å². The highest BCUT2D eigenvalue weighted by Crippen LogP contribution is 2.22. The van der Waals surface area contributed by atoms with Crippen LogP contribution >= 0.6 is 0 Å². The minimum atomic E-state index is 0.504. The van der Waals surface area contributed by atoms with Crippen molar-refractivity contribution in [2.75, 3.05) is 44.2 Å². The van der Waals surface area contributed by atoms with E-state index in [1.165, 1.54) is 37.1 Å². The summed E-state index contributed by atoms with van der Waals surface area (Å²) in [5, 5.41) is 9.11. The lowest BCUT2D eigenvalue weighted by molar-refractivity contribution is 0.110. The molecule has 0 aliphatic carbocycles. The van der Waals surface area contributed by atoms with E-state index in [0.717, 1.165) is 45.0 Å². The zero-order valence-electron chi connectivity index (χ0n) is 17.4. The highest BCUT2D eigenvalue weighted by atomic mass is 15.3. The SMILES string of the molecule is Cc1ccccc1CN1CCC(N2CCCN(c3cccc(C#N)n3)CC2)CC1. The number of rotatable bonds is 4. The van der Waals surface area contributed by atoms with Gasteiger partial charge in [-0.15, -0.1) is 0 Å². The van der Waals surface area contributed by atoms with Crippen LogP contribution in [0.15, 0.2) is 42.5 Å². The summed E-state index contributed by atoms with van der Waals surface area (Å²) < 4.78 is 0. The second-order valence-corrected chi connectivity index (χ2v) is 8.30. The first-order chi connectivity index (χ1) is 14.2. The summed E-state index contributed by atoms with van der Waals surface area (Å²) >= 11 is 0. The lowest BCUT2D eigenvalue weighted by Gasteiger charge is -2.38. The summed E-state index contributed by atoms with van der Waals surface area (Å²) in [5.74, 6) is 0.943. The van der Waals surface area contributed by atoms with E-state index >= 15 is 0 Å². The summed E-state index contributed by atoms with van der Waals surface area (Å²) in [6, 6.07) is 17.3. The van der Waals surface area contributed by atoms with Gasteiger partial charge in [0.25, 0.3) is 0 Å². The number of pyridine rings is 1. The Morgan fingerprint density at radius 1 is 0.966 bits per heavy atom. The fraction of sp³-hybridized carbons (Fsp3) is 0.500. The largest absolute Gasteiger partial charge is 0.355 e. The van der Waals surface area contributed by atoms with Crippen LogP contribution in [0, 0.1) is 18.3 Å². The van der Waals surface area contributed by atoms with E-state index in [1.807, 2.05) is 12.1 Å². The molecule has 0 saturated carbocycles. The number of nitriles is 1. The molecule has 2 saturated heterocycles. The second-order valence-electron chi connectivity index (χ2n) is 8.30. The molecule has 0 atom stereocenters. The van der Waals surface area contributed by atoms with Gasteiger partial charge in [0.1, 0.15) is 17.6 Å². The summed E-state index contributed by atoms with van der Waals surface area (Å²) in [5.41, 5.74) is 3.37. The van der Waals surface area contributed by atoms with E-state index in [1.54, 1.807) is 6.07 Å². The third-order valence-corrected chi connectivity index (χ3v) is 6.43. The third-order valence-electron chi connectivity index (χ3n) is 6.43. The van der Waals surface area contributed by atoms with Gasteiger partial charge in [-0.3, -0.25) is 9.80 Å². The van der Waals surface area contributed by atoms with Gasteiger partial charge in [0.15, 0.2) is 0 Å². The third kappa shape index (κ3) is 4.95. The highest BCUT2D eigenvalue weighted by Gasteiger charge is 2.26. The van der Waals surface area contributed by atoms with Gasteiger partial charge in [0.2, 0.25) is 0 Å². The van der Waals surface area contributed by atoms with Gasteiger partial charge < -0.3 is 4.90 Å². The Kier molecular flexibility index (Phi) is 6.43. The Labute approximate surface area is 174 Å². The Balaban J connectivity index is 1.29. The number of aryl methyl sites for hydroxylation is 1. The van der Waals surface area contributed by atoms with Crippen molar-refractivity contribution >= 4 is 5.82 Å². The maximum atomic E-state index is 9.11. The fourth-order valence-corrected chi connectivity index (χ4v) is 4.66. The predicted octanol–water partition coefficient (Wildman–Crippen LogP) is 3.44. The molecule has 152 valence electrons. The van der Waals surface area contributed by atoms with Gasteiger partial charge in [-0.1, -0.05) is 30.3 Å². The molecule has 0 spiro atoms. The quantitative estimate of drug-likeness (QED) is 0.802. The number of nitrogens with zero attached hydrogens (tertiary/aromatic N) is 5. The zero-order chi connectivity index (χ0) is 20.1. The lowest BCUT2D eigenvalue weighted by Crippen LogP contribution is -2.46. The molecule has 29 heavy (non-hydrogen) atoms. The number of likely N-dealkylation sites (tertiary alicyclic amines) is 1. The van der Waals surface area contributed by atoms with E-state index in [0.29, 0.717) is 11.7 Å². The molecular formula is C24H31N5. The Bertz CT molecular complexity index is 850. The Morgan fingerprint density at radius 3 is 2.59 bits per heavy atom. The van der Waals surface area contributed by atoms with Crippen molar-refractivity contribution in [3.63, 3.8) is 0 Å². The number of piperidine rings is 1. The number of anilines is 1. The molecule has 3 heterocycles. The fourth-order valence-electron chi connectivity index (χ4n) is 4.66. The van der Waals surface area contributed by atoms with E-state index in [-0.39, 0.29) is 0 Å². The van der Waals surface area contributed by atoms with E-state index < -0.39 is 0 Å². The van der Waals surface area contributed by atoms with Crippen LogP contribution in [0.5, 0.6) is 0 Å². The van der Waals surface area contributed by atoms with Crippen LogP contribution in [0.25, 0.3) is 0 Å². The number of hydrogen-bond acceptors (Lipinski definition) is 5. The summed E-state index contributed by atoms with van der Waals surface area (Å²) in [4.78, 5) is 12.1. The first-order valence-electron chi connectivity index (χ1n) is 10.9. The maximum absolute atomic E-state index is 9.11. The van der Waals surface area contributed by atoms with Crippen molar-refractivity contribution in [2.45, 2.75) is 38.8 Å². The Morgan fingerprint density at radius 2 is 1.79 bits per heavy atom. The molecule has 5 nitrogen and oxygen atoms in total. The molecule has 2 fully saturated rings. The second kappa shape index (κ2) is 9.39. The minimum Gasteiger partial charge on any atom is -0.355 e. The smallest absolute Gasteiger partial charge is 0.142 e. The van der Waals surface area contributed by atoms with Gasteiger partial charge >= 0.3 is 0 Å². The lowest BCUT2D eigenvalue weighted by atomic mass is 10.0. The first kappa shape index (κ1) is 19.9. The maximum Gasteiger partial charge on any atom is 0.142 e. The molecule has 0 unspecified atom stereocenters. The first-order valence-corrected chi connectivity index (χ1v) is 10.9. The monoisotopic (exact) mass is 389 g/mol. The molecule has 2 aliphatic rings. The number of hydrogen-bond donors (Lipinski definition) is 0. The van der Waals surface area contributed by atoms with Gasteiger partial charge in [0.05, 0.1) is 0 Å². The van der Waals surface area contributed by atoms with Crippen LogP contribution < -0.4 is 4.90 Å². The van der Waals surface area contributed by atoms with Crippen LogP contribution in [-0.2, 0) is 6.54 Å². The molecule has 2 aromatic rings. The predicted molar refractivity (Wildman–Crippen MR) is 117 cm³/mol. The van der Waals surface area contributed by atoms with Gasteiger partial charge in [-0.2, -0.15) is 5.26 Å². The molecule has 1 aromatic heterocycles. The van der Waals surface area contributed by atoms with E-state index in [9.17, 15) is 0 Å². The van der Waals surface area contributed by atoms with Gasteiger partial charge in [0, 0.05) is 38.8 Å². The summed E-state index contributed by atoms with van der Waals surface area (Å²) in [7, 11) is 0. The van der Waals surface area contributed by atoms with Crippen LogP contribution in [0.3, 0.4) is 0 Å². The average molecular weight is 390 g/mol. The Hall–Kier alpha value is -2.42. The number of benzene rings is 1. The van der Waals surface area contributed by atoms with Crippen molar-refractivity contribution in [3.05, 3.63) is 59.3 Å². The van der Waals surface area contributed by atoms with Crippen molar-refractivity contribution in [1.29, 1.82) is 5.26 Å². The minimum absolute atomic E-state index is 0.504. The van der Waals surface area contributed by atoms with Crippen molar-refractivity contribution in [1.82, 2.24) is 14.8 Å². The molecular weight excluding hydrogens is 358 g/mol. The topological polar surface area (TPSA) is 46.4 Å². The molecule has 1 aromatic carbocycles. The molecule has 4 rings (SSSR count). The van der Waals surface area contributed by atoms with E-state index in [4.69, 9.17) is 5.26 Å². The molecule has 5 heteroatoms. The van der Waals surface area contributed by atoms with Crippen LogP contribution in [0.4, 0.5) is 5.82 Å². The molecule has 0 N–H and O–H groups in total. The van der Waals surface area contributed by atoms with Gasteiger partial charge in [-0.05, 0) is 62.5 Å². The van der Waals surface area contributed by atoms with Crippen LogP contribution in [-0.4, -0.2) is 60.1 Å². The molecule has 0 bridgehead atoms. The standard InChI is InChI=1S/C24H31N5/c1-20-6-2-3-7-21(20)19-27-14-10-23(11-15-27)28-12-5-13-29(17-16-28)24-9-4-8-22(18-25)26-24/h2-4,6-9,23H,5,10-17,19H2,1H3. The molecule has 0 amide bonds. The normalized spacial score (nSPS) is 19.7. The summed E-state index contributed by atoms with van der Waals surface area (Å²) in [6.07, 6.45) is 3.67. The molecule has 0 radical (unpaired) electrons. The average Bonchev–Trinajstić information content (AvgIpc) is 3.02. The molecule has 2 aliphatic heterocycles. The van der Waals surface area contributed by atoms with Crippen molar-refractivity contribution < 1.29 is 0 Å². The number of aromatic nitrogens is 1. The van der Waals surface area contributed by atoms with Crippen molar-refractivity contribution in [2.24, 2.45) is 0 Å². The summed E-state index contributed by atoms with van der Waals surface area (Å²) in [6.45, 7) is 9.92. The van der Waals surface area contributed by atoms with Crippen LogP contribution in [0.2, 0.25) is 0 Å². The van der Waals surface area contributed by atoms with Crippen LogP contribution in [0.1, 0.15) is 36.1 Å². The van der Waals surface area contributed by atoms with Crippen molar-refractivity contribution in [3.8, 4) is 6.07 Å².